The molecule has 0 spiro atoms. The molecule has 1 N–H and O–H groups in total. The Labute approximate surface area is 147 Å². The van der Waals surface area contributed by atoms with Gasteiger partial charge < -0.3 is 24.4 Å². The lowest BCUT2D eigenvalue weighted by Crippen LogP contribution is -2.50. The number of carbonyl (C=O) groups excluding carboxylic acids is 1. The summed E-state index contributed by atoms with van der Waals surface area (Å²) in [7, 11) is 4.75. The fourth-order valence-corrected chi connectivity index (χ4v) is 2.78. The molecule has 2 rings (SSSR count). The Bertz CT molecular complexity index is 562. The first-order chi connectivity index (χ1) is 11.6. The van der Waals surface area contributed by atoms with Crippen LogP contribution in [0.4, 0.5) is 10.5 Å². The van der Waals surface area contributed by atoms with Gasteiger partial charge in [0.15, 0.2) is 0 Å². The summed E-state index contributed by atoms with van der Waals surface area (Å²) in [5, 5.41) is 3.30. The van der Waals surface area contributed by atoms with Gasteiger partial charge in [-0.1, -0.05) is 11.6 Å². The van der Waals surface area contributed by atoms with E-state index < -0.39 is 0 Å². The zero-order chi connectivity index (χ0) is 17.5. The van der Waals surface area contributed by atoms with Crippen molar-refractivity contribution in [3.8, 4) is 11.5 Å². The van der Waals surface area contributed by atoms with Gasteiger partial charge in [0, 0.05) is 52.0 Å². The SMILES string of the molecule is COCCN1CCN(C(=O)Nc2cc(OC)c(Cl)cc2OC)CC1. The van der Waals surface area contributed by atoms with E-state index in [2.05, 4.69) is 10.2 Å². The molecule has 0 saturated carbocycles. The van der Waals surface area contributed by atoms with Crippen LogP contribution in [0.1, 0.15) is 0 Å². The topological polar surface area (TPSA) is 63.3 Å². The van der Waals surface area contributed by atoms with Gasteiger partial charge >= 0.3 is 6.03 Å². The predicted octanol–water partition coefficient (Wildman–Crippen LogP) is 2.15. The number of hydrogen-bond donors (Lipinski definition) is 1. The van der Waals surface area contributed by atoms with E-state index in [0.29, 0.717) is 41.9 Å². The number of rotatable bonds is 6. The third-order valence-corrected chi connectivity index (χ3v) is 4.28. The molecule has 1 aromatic rings. The molecule has 0 atom stereocenters. The Kier molecular flexibility index (Phi) is 6.96. The Morgan fingerprint density at radius 3 is 2.38 bits per heavy atom. The Balaban J connectivity index is 1.98. The van der Waals surface area contributed by atoms with Crippen LogP contribution in [0.15, 0.2) is 12.1 Å². The molecule has 1 heterocycles. The van der Waals surface area contributed by atoms with Crippen molar-refractivity contribution in [3.63, 3.8) is 0 Å². The van der Waals surface area contributed by atoms with Crippen molar-refractivity contribution in [1.82, 2.24) is 9.80 Å². The number of amides is 2. The zero-order valence-corrected chi connectivity index (χ0v) is 15.1. The molecule has 2 amide bonds. The monoisotopic (exact) mass is 357 g/mol. The molecule has 7 nitrogen and oxygen atoms in total. The van der Waals surface area contributed by atoms with Crippen LogP contribution < -0.4 is 14.8 Å². The minimum atomic E-state index is -0.163. The molecule has 0 aromatic heterocycles. The van der Waals surface area contributed by atoms with Crippen molar-refractivity contribution in [1.29, 1.82) is 0 Å². The molecule has 1 aliphatic heterocycles. The third-order valence-electron chi connectivity index (χ3n) is 3.99. The van der Waals surface area contributed by atoms with Gasteiger partial charge in [-0.05, 0) is 0 Å². The first kappa shape index (κ1) is 18.6. The molecule has 0 aliphatic carbocycles. The second kappa shape index (κ2) is 8.96. The highest BCUT2D eigenvalue weighted by Gasteiger charge is 2.22. The van der Waals surface area contributed by atoms with E-state index in [9.17, 15) is 4.79 Å². The van der Waals surface area contributed by atoms with E-state index in [1.54, 1.807) is 24.1 Å². The van der Waals surface area contributed by atoms with E-state index in [1.165, 1.54) is 14.2 Å². The lowest BCUT2D eigenvalue weighted by Gasteiger charge is -2.34. The molecule has 1 fully saturated rings. The Hall–Kier alpha value is -1.70. The third kappa shape index (κ3) is 4.66. The average molecular weight is 358 g/mol. The molecule has 24 heavy (non-hydrogen) atoms. The summed E-state index contributed by atoms with van der Waals surface area (Å²) in [6.45, 7) is 4.59. The molecular formula is C16H24ClN3O4. The Morgan fingerprint density at radius 1 is 1.12 bits per heavy atom. The quantitative estimate of drug-likeness (QED) is 0.845. The van der Waals surface area contributed by atoms with Crippen LogP contribution >= 0.6 is 11.6 Å². The van der Waals surface area contributed by atoms with E-state index >= 15 is 0 Å². The molecule has 8 heteroatoms. The second-order valence-corrected chi connectivity index (χ2v) is 5.85. The lowest BCUT2D eigenvalue weighted by atomic mass is 10.2. The number of halogens is 1. The maximum absolute atomic E-state index is 12.5. The molecule has 0 bridgehead atoms. The summed E-state index contributed by atoms with van der Waals surface area (Å²) in [6, 6.07) is 3.12. The number of nitrogens with zero attached hydrogens (tertiary/aromatic N) is 2. The molecule has 1 aliphatic rings. The normalized spacial score (nSPS) is 15.2. The first-order valence-electron chi connectivity index (χ1n) is 7.77. The summed E-state index contributed by atoms with van der Waals surface area (Å²) < 4.78 is 15.6. The van der Waals surface area contributed by atoms with E-state index in [4.69, 9.17) is 25.8 Å². The molecule has 1 aromatic carbocycles. The minimum Gasteiger partial charge on any atom is -0.495 e. The summed E-state index contributed by atoms with van der Waals surface area (Å²) in [6.07, 6.45) is 0. The second-order valence-electron chi connectivity index (χ2n) is 5.44. The highest BCUT2D eigenvalue weighted by molar-refractivity contribution is 6.32. The summed E-state index contributed by atoms with van der Waals surface area (Å²) in [5.41, 5.74) is 0.533. The van der Waals surface area contributed by atoms with Crippen LogP contribution in [0.3, 0.4) is 0 Å². The minimum absolute atomic E-state index is 0.163. The van der Waals surface area contributed by atoms with E-state index in [0.717, 1.165) is 19.6 Å². The van der Waals surface area contributed by atoms with E-state index in [1.807, 2.05) is 0 Å². The fourth-order valence-electron chi connectivity index (χ4n) is 2.55. The number of ether oxygens (including phenoxy) is 3. The smallest absolute Gasteiger partial charge is 0.322 e. The number of piperazine rings is 1. The zero-order valence-electron chi connectivity index (χ0n) is 14.3. The predicted molar refractivity (Wildman–Crippen MR) is 93.5 cm³/mol. The van der Waals surface area contributed by atoms with Gasteiger partial charge in [0.25, 0.3) is 0 Å². The van der Waals surface area contributed by atoms with Crippen molar-refractivity contribution in [3.05, 3.63) is 17.2 Å². The molecule has 1 saturated heterocycles. The van der Waals surface area contributed by atoms with Gasteiger partial charge in [-0.3, -0.25) is 4.90 Å². The highest BCUT2D eigenvalue weighted by Crippen LogP contribution is 2.36. The van der Waals surface area contributed by atoms with Gasteiger partial charge in [-0.25, -0.2) is 4.79 Å². The molecular weight excluding hydrogens is 334 g/mol. The number of nitrogens with one attached hydrogen (secondary N) is 1. The van der Waals surface area contributed by atoms with Gasteiger partial charge in [-0.2, -0.15) is 0 Å². The largest absolute Gasteiger partial charge is 0.495 e. The number of methoxy groups -OCH3 is 3. The van der Waals surface area contributed by atoms with Gasteiger partial charge in [0.2, 0.25) is 0 Å². The van der Waals surface area contributed by atoms with Crippen LogP contribution in [-0.2, 0) is 4.74 Å². The number of benzene rings is 1. The van der Waals surface area contributed by atoms with Crippen LogP contribution in [0.25, 0.3) is 0 Å². The number of anilines is 1. The van der Waals surface area contributed by atoms with Crippen molar-refractivity contribution >= 4 is 23.3 Å². The number of urea groups is 1. The Morgan fingerprint density at radius 2 is 1.79 bits per heavy atom. The van der Waals surface area contributed by atoms with Crippen LogP contribution in [-0.4, -0.2) is 76.5 Å². The van der Waals surface area contributed by atoms with Crippen LogP contribution in [0.5, 0.6) is 11.5 Å². The number of hydrogen-bond acceptors (Lipinski definition) is 5. The maximum Gasteiger partial charge on any atom is 0.322 e. The molecule has 0 radical (unpaired) electrons. The average Bonchev–Trinajstić information content (AvgIpc) is 2.61. The summed E-state index contributed by atoms with van der Waals surface area (Å²) in [5.74, 6) is 0.977. The lowest BCUT2D eigenvalue weighted by molar-refractivity contribution is 0.109. The highest BCUT2D eigenvalue weighted by atomic mass is 35.5. The van der Waals surface area contributed by atoms with Crippen molar-refractivity contribution < 1.29 is 19.0 Å². The van der Waals surface area contributed by atoms with Crippen LogP contribution in [0, 0.1) is 0 Å². The van der Waals surface area contributed by atoms with Crippen molar-refractivity contribution in [2.24, 2.45) is 0 Å². The maximum atomic E-state index is 12.5. The van der Waals surface area contributed by atoms with Crippen molar-refractivity contribution in [2.45, 2.75) is 0 Å². The molecule has 134 valence electrons. The standard InChI is InChI=1S/C16H24ClN3O4/c1-22-9-8-19-4-6-20(7-5-19)16(21)18-13-11-14(23-2)12(17)10-15(13)24-3/h10-11H,4-9H2,1-3H3,(H,18,21). The summed E-state index contributed by atoms with van der Waals surface area (Å²) in [4.78, 5) is 16.5. The van der Waals surface area contributed by atoms with Gasteiger partial charge in [0.1, 0.15) is 11.5 Å². The fraction of sp³-hybridized carbons (Fsp3) is 0.562. The first-order valence-corrected chi connectivity index (χ1v) is 8.15. The van der Waals surface area contributed by atoms with Gasteiger partial charge in [-0.15, -0.1) is 0 Å². The van der Waals surface area contributed by atoms with Crippen molar-refractivity contribution in [2.75, 3.05) is 66.0 Å². The molecule has 0 unspecified atom stereocenters. The van der Waals surface area contributed by atoms with E-state index in [-0.39, 0.29) is 6.03 Å². The number of carbonyl (C=O) groups is 1. The van der Waals surface area contributed by atoms with Gasteiger partial charge in [0.05, 0.1) is 31.5 Å². The van der Waals surface area contributed by atoms with Crippen LogP contribution in [0.2, 0.25) is 5.02 Å². The summed E-state index contributed by atoms with van der Waals surface area (Å²) >= 11 is 6.08.